The highest BCUT2D eigenvalue weighted by molar-refractivity contribution is 5.84. The van der Waals surface area contributed by atoms with Crippen molar-refractivity contribution in [1.29, 1.82) is 0 Å². The number of nitrogens with one attached hydrogen (secondary N) is 2. The maximum Gasteiger partial charge on any atom is 0.259 e. The van der Waals surface area contributed by atoms with Crippen LogP contribution in [0.1, 0.15) is 5.56 Å². The van der Waals surface area contributed by atoms with E-state index in [1.165, 1.54) is 0 Å². The topological polar surface area (TPSA) is 80.5 Å². The number of aromatic nitrogens is 2. The van der Waals surface area contributed by atoms with Crippen molar-refractivity contribution in [3.63, 3.8) is 0 Å². The fourth-order valence-electron chi connectivity index (χ4n) is 2.26. The lowest BCUT2D eigenvalue weighted by molar-refractivity contribution is -0.119. The standard InChI is InChI=1S/C19H19N5O2/c1-26-18-9-5-6-16(10-18)20-13-19(25)23-21-11-15-12-22-24(14-15)17-7-3-2-4-8-17/h2-12,14,20H,13H2,1H3,(H,23,25)/b21-11-. The molecule has 1 amide bonds. The summed E-state index contributed by atoms with van der Waals surface area (Å²) in [5, 5.41) is 11.2. The monoisotopic (exact) mass is 349 g/mol. The van der Waals surface area contributed by atoms with E-state index in [0.717, 1.165) is 22.7 Å². The maximum atomic E-state index is 11.8. The zero-order chi connectivity index (χ0) is 18.2. The number of carbonyl (C=O) groups is 1. The summed E-state index contributed by atoms with van der Waals surface area (Å²) in [5.74, 6) is 0.475. The third-order valence-corrected chi connectivity index (χ3v) is 3.55. The van der Waals surface area contributed by atoms with Crippen molar-refractivity contribution >= 4 is 17.8 Å². The molecule has 1 aromatic heterocycles. The van der Waals surface area contributed by atoms with Gasteiger partial charge in [-0.25, -0.2) is 10.1 Å². The quantitative estimate of drug-likeness (QED) is 0.507. The second kappa shape index (κ2) is 8.48. The van der Waals surface area contributed by atoms with Gasteiger partial charge in [-0.15, -0.1) is 0 Å². The molecule has 0 saturated heterocycles. The Hall–Kier alpha value is -3.61. The molecule has 1 heterocycles. The van der Waals surface area contributed by atoms with Crippen LogP contribution < -0.4 is 15.5 Å². The van der Waals surface area contributed by atoms with Gasteiger partial charge in [-0.2, -0.15) is 10.2 Å². The predicted octanol–water partition coefficient (Wildman–Crippen LogP) is 2.44. The Labute approximate surface area is 151 Å². The van der Waals surface area contributed by atoms with Gasteiger partial charge < -0.3 is 10.1 Å². The lowest BCUT2D eigenvalue weighted by Crippen LogP contribution is -2.25. The van der Waals surface area contributed by atoms with Gasteiger partial charge in [0.1, 0.15) is 5.75 Å². The minimum absolute atomic E-state index is 0.105. The van der Waals surface area contributed by atoms with Crippen molar-refractivity contribution in [2.24, 2.45) is 5.10 Å². The SMILES string of the molecule is COc1cccc(NCC(=O)N/N=C\c2cnn(-c3ccccc3)c2)c1. The number of hydrogen-bond donors (Lipinski definition) is 2. The lowest BCUT2D eigenvalue weighted by Gasteiger charge is -2.06. The third-order valence-electron chi connectivity index (χ3n) is 3.55. The predicted molar refractivity (Wildman–Crippen MR) is 101 cm³/mol. The minimum atomic E-state index is -0.250. The summed E-state index contributed by atoms with van der Waals surface area (Å²) < 4.78 is 6.88. The van der Waals surface area contributed by atoms with Crippen molar-refractivity contribution in [3.05, 3.63) is 72.6 Å². The van der Waals surface area contributed by atoms with Gasteiger partial charge in [-0.1, -0.05) is 24.3 Å². The molecule has 132 valence electrons. The highest BCUT2D eigenvalue weighted by Crippen LogP contribution is 2.16. The zero-order valence-corrected chi connectivity index (χ0v) is 14.3. The van der Waals surface area contributed by atoms with Crippen LogP contribution in [0.2, 0.25) is 0 Å². The third kappa shape index (κ3) is 4.70. The number of methoxy groups -OCH3 is 1. The Kier molecular flexibility index (Phi) is 5.61. The van der Waals surface area contributed by atoms with Crippen LogP contribution in [-0.2, 0) is 4.79 Å². The molecule has 0 aliphatic heterocycles. The molecule has 0 spiro atoms. The first-order chi connectivity index (χ1) is 12.7. The smallest absolute Gasteiger partial charge is 0.259 e. The number of nitrogens with zero attached hydrogens (tertiary/aromatic N) is 3. The van der Waals surface area contributed by atoms with Crippen LogP contribution in [-0.4, -0.2) is 35.6 Å². The number of anilines is 1. The Morgan fingerprint density at radius 1 is 1.23 bits per heavy atom. The number of benzene rings is 2. The Balaban J connectivity index is 1.49. The summed E-state index contributed by atoms with van der Waals surface area (Å²) in [6, 6.07) is 17.1. The average Bonchev–Trinajstić information content (AvgIpc) is 3.16. The van der Waals surface area contributed by atoms with Gasteiger partial charge in [0.25, 0.3) is 5.91 Å². The first kappa shape index (κ1) is 17.2. The molecule has 0 bridgehead atoms. The Morgan fingerprint density at radius 3 is 2.88 bits per heavy atom. The van der Waals surface area contributed by atoms with Crippen LogP contribution in [0.15, 0.2) is 72.1 Å². The highest BCUT2D eigenvalue weighted by atomic mass is 16.5. The van der Waals surface area contributed by atoms with Gasteiger partial charge in [-0.3, -0.25) is 4.79 Å². The molecule has 0 fully saturated rings. The molecule has 0 aliphatic carbocycles. The van der Waals surface area contributed by atoms with Gasteiger partial charge in [0.2, 0.25) is 0 Å². The van der Waals surface area contributed by atoms with Gasteiger partial charge in [0.15, 0.2) is 0 Å². The van der Waals surface area contributed by atoms with Gasteiger partial charge in [0, 0.05) is 23.5 Å². The van der Waals surface area contributed by atoms with E-state index < -0.39 is 0 Å². The molecule has 3 aromatic rings. The first-order valence-corrected chi connectivity index (χ1v) is 8.04. The zero-order valence-electron chi connectivity index (χ0n) is 14.3. The van der Waals surface area contributed by atoms with Gasteiger partial charge in [0.05, 0.1) is 31.8 Å². The molecule has 2 aromatic carbocycles. The number of carbonyl (C=O) groups excluding carboxylic acids is 1. The summed E-state index contributed by atoms with van der Waals surface area (Å²) >= 11 is 0. The maximum absolute atomic E-state index is 11.8. The summed E-state index contributed by atoms with van der Waals surface area (Å²) in [5.41, 5.74) is 5.02. The fourth-order valence-corrected chi connectivity index (χ4v) is 2.26. The molecule has 0 unspecified atom stereocenters. The van der Waals surface area contributed by atoms with Crippen LogP contribution >= 0.6 is 0 Å². The van der Waals surface area contributed by atoms with E-state index >= 15 is 0 Å². The van der Waals surface area contributed by atoms with Crippen LogP contribution in [0.3, 0.4) is 0 Å². The molecular weight excluding hydrogens is 330 g/mol. The minimum Gasteiger partial charge on any atom is -0.497 e. The van der Waals surface area contributed by atoms with E-state index in [0.29, 0.717) is 0 Å². The van der Waals surface area contributed by atoms with Gasteiger partial charge >= 0.3 is 0 Å². The van der Waals surface area contributed by atoms with E-state index in [1.54, 1.807) is 24.2 Å². The number of para-hydroxylation sites is 1. The summed E-state index contributed by atoms with van der Waals surface area (Å²) in [4.78, 5) is 11.8. The van der Waals surface area contributed by atoms with Crippen molar-refractivity contribution < 1.29 is 9.53 Å². The van der Waals surface area contributed by atoms with Crippen LogP contribution in [0.4, 0.5) is 5.69 Å². The molecule has 3 rings (SSSR count). The van der Waals surface area contributed by atoms with E-state index in [4.69, 9.17) is 4.74 Å². The number of ether oxygens (including phenoxy) is 1. The second-order valence-corrected chi connectivity index (χ2v) is 5.43. The molecule has 0 aliphatic rings. The molecule has 0 saturated carbocycles. The van der Waals surface area contributed by atoms with Crippen LogP contribution in [0, 0.1) is 0 Å². The van der Waals surface area contributed by atoms with E-state index in [2.05, 4.69) is 20.9 Å². The highest BCUT2D eigenvalue weighted by Gasteiger charge is 2.01. The summed E-state index contributed by atoms with van der Waals surface area (Å²) in [6.45, 7) is 0.105. The number of amides is 1. The van der Waals surface area contributed by atoms with Crippen molar-refractivity contribution in [1.82, 2.24) is 15.2 Å². The number of rotatable bonds is 7. The molecule has 2 N–H and O–H groups in total. The van der Waals surface area contributed by atoms with Crippen molar-refractivity contribution in [2.75, 3.05) is 19.0 Å². The van der Waals surface area contributed by atoms with Crippen LogP contribution in [0.25, 0.3) is 5.69 Å². The first-order valence-electron chi connectivity index (χ1n) is 8.04. The van der Waals surface area contributed by atoms with E-state index in [9.17, 15) is 4.79 Å². The average molecular weight is 349 g/mol. The van der Waals surface area contributed by atoms with Crippen molar-refractivity contribution in [3.8, 4) is 11.4 Å². The molecule has 7 heteroatoms. The van der Waals surface area contributed by atoms with E-state index in [1.807, 2.05) is 60.8 Å². The fraction of sp³-hybridized carbons (Fsp3) is 0.105. The molecule has 0 atom stereocenters. The molecule has 26 heavy (non-hydrogen) atoms. The van der Waals surface area contributed by atoms with Crippen molar-refractivity contribution in [2.45, 2.75) is 0 Å². The second-order valence-electron chi connectivity index (χ2n) is 5.43. The van der Waals surface area contributed by atoms with Crippen LogP contribution in [0.5, 0.6) is 5.75 Å². The largest absolute Gasteiger partial charge is 0.497 e. The summed E-state index contributed by atoms with van der Waals surface area (Å²) in [6.07, 6.45) is 5.06. The normalized spacial score (nSPS) is 10.7. The Bertz CT molecular complexity index is 890. The number of hydrogen-bond acceptors (Lipinski definition) is 5. The summed E-state index contributed by atoms with van der Waals surface area (Å²) in [7, 11) is 1.60. The molecular formula is C19H19N5O2. The Morgan fingerprint density at radius 2 is 2.08 bits per heavy atom. The molecule has 0 radical (unpaired) electrons. The lowest BCUT2D eigenvalue weighted by atomic mass is 10.3. The van der Waals surface area contributed by atoms with E-state index in [-0.39, 0.29) is 12.5 Å². The molecule has 7 nitrogen and oxygen atoms in total. The van der Waals surface area contributed by atoms with Gasteiger partial charge in [-0.05, 0) is 24.3 Å². The number of hydrazone groups is 1.